The van der Waals surface area contributed by atoms with Crippen LogP contribution in [0.15, 0.2) is 10.8 Å². The van der Waals surface area contributed by atoms with Crippen LogP contribution < -0.4 is 11.1 Å². The fraction of sp³-hybridized carbons (Fsp3) is 0.500. The van der Waals surface area contributed by atoms with Crippen molar-refractivity contribution in [2.75, 3.05) is 18.2 Å². The van der Waals surface area contributed by atoms with E-state index in [2.05, 4.69) is 31.2 Å². The first kappa shape index (κ1) is 13.7. The van der Waals surface area contributed by atoms with Gasteiger partial charge in [0.1, 0.15) is 28.5 Å². The lowest BCUT2D eigenvalue weighted by atomic mass is 10.0. The van der Waals surface area contributed by atoms with Crippen LogP contribution >= 0.6 is 15.9 Å². The van der Waals surface area contributed by atoms with Gasteiger partial charge in [0.15, 0.2) is 0 Å². The Labute approximate surface area is 108 Å². The summed E-state index contributed by atoms with van der Waals surface area (Å²) >= 11 is 3.26. The third kappa shape index (κ3) is 3.29. The number of nitrogens with zero attached hydrogens (tertiary/aromatic N) is 2. The van der Waals surface area contributed by atoms with Crippen LogP contribution in [0.3, 0.4) is 0 Å². The van der Waals surface area contributed by atoms with E-state index < -0.39 is 6.04 Å². The molecule has 1 aromatic heterocycles. The van der Waals surface area contributed by atoms with E-state index >= 15 is 0 Å². The van der Waals surface area contributed by atoms with Gasteiger partial charge in [-0.1, -0.05) is 13.8 Å². The molecule has 6 nitrogen and oxygen atoms in total. The molecular formula is C10H15BrN4O2. The molecule has 0 amide bonds. The van der Waals surface area contributed by atoms with E-state index in [1.165, 1.54) is 13.4 Å². The normalized spacial score (nSPS) is 12.3. The molecule has 1 unspecified atom stereocenters. The molecule has 17 heavy (non-hydrogen) atoms. The van der Waals surface area contributed by atoms with Crippen LogP contribution in [0.2, 0.25) is 0 Å². The summed E-state index contributed by atoms with van der Waals surface area (Å²) in [5.74, 6) is 0.506. The molecule has 0 aromatic carbocycles. The van der Waals surface area contributed by atoms with Crippen LogP contribution in [0.1, 0.15) is 13.8 Å². The molecule has 0 spiro atoms. The second kappa shape index (κ2) is 5.81. The van der Waals surface area contributed by atoms with E-state index in [0.717, 1.165) is 0 Å². The van der Waals surface area contributed by atoms with Crippen LogP contribution in [0.5, 0.6) is 0 Å². The fourth-order valence-electron chi connectivity index (χ4n) is 1.26. The van der Waals surface area contributed by atoms with Crippen LogP contribution in [0.4, 0.5) is 11.6 Å². The van der Waals surface area contributed by atoms with Crippen LogP contribution in [-0.2, 0) is 9.53 Å². The Morgan fingerprint density at radius 1 is 1.53 bits per heavy atom. The highest BCUT2D eigenvalue weighted by Gasteiger charge is 2.24. The first-order valence-corrected chi connectivity index (χ1v) is 5.87. The van der Waals surface area contributed by atoms with E-state index in [4.69, 9.17) is 10.5 Å². The molecule has 0 radical (unpaired) electrons. The number of hydrogen-bond donors (Lipinski definition) is 2. The Balaban J connectivity index is 2.94. The molecular weight excluding hydrogens is 288 g/mol. The number of rotatable bonds is 4. The zero-order valence-corrected chi connectivity index (χ0v) is 11.5. The molecule has 0 aliphatic carbocycles. The molecule has 1 aromatic rings. The first-order valence-electron chi connectivity index (χ1n) is 5.07. The summed E-state index contributed by atoms with van der Waals surface area (Å²) < 4.78 is 5.26. The van der Waals surface area contributed by atoms with Crippen LogP contribution in [0.25, 0.3) is 0 Å². The number of aromatic nitrogens is 2. The number of nitrogens with two attached hydrogens (primary N) is 1. The van der Waals surface area contributed by atoms with Gasteiger partial charge in [0.2, 0.25) is 0 Å². The SMILES string of the molecule is COC(=O)C(Nc1ncnc(N)c1Br)C(C)C. The third-order valence-corrected chi connectivity index (χ3v) is 3.01. The minimum atomic E-state index is -0.481. The Bertz CT molecular complexity index is 411. The van der Waals surface area contributed by atoms with Crippen molar-refractivity contribution in [1.82, 2.24) is 9.97 Å². The van der Waals surface area contributed by atoms with Gasteiger partial charge in [0, 0.05) is 0 Å². The number of carbonyl (C=O) groups excluding carboxylic acids is 1. The first-order chi connectivity index (χ1) is 7.97. The van der Waals surface area contributed by atoms with Gasteiger partial charge in [-0.05, 0) is 21.8 Å². The van der Waals surface area contributed by atoms with E-state index in [1.54, 1.807) is 0 Å². The number of esters is 1. The molecule has 0 aliphatic rings. The molecule has 1 heterocycles. The van der Waals surface area contributed by atoms with Crippen molar-refractivity contribution in [3.8, 4) is 0 Å². The second-order valence-electron chi connectivity index (χ2n) is 3.81. The van der Waals surface area contributed by atoms with Crippen molar-refractivity contribution in [3.05, 3.63) is 10.8 Å². The summed E-state index contributed by atoms with van der Waals surface area (Å²) in [6, 6.07) is -0.481. The minimum Gasteiger partial charge on any atom is -0.467 e. The van der Waals surface area contributed by atoms with Crippen molar-refractivity contribution in [1.29, 1.82) is 0 Å². The third-order valence-electron chi connectivity index (χ3n) is 2.23. The minimum absolute atomic E-state index is 0.0607. The maximum absolute atomic E-state index is 11.6. The summed E-state index contributed by atoms with van der Waals surface area (Å²) in [6.07, 6.45) is 1.33. The number of methoxy groups -OCH3 is 1. The van der Waals surface area contributed by atoms with Crippen molar-refractivity contribution in [2.45, 2.75) is 19.9 Å². The van der Waals surface area contributed by atoms with Crippen LogP contribution in [0, 0.1) is 5.92 Å². The zero-order valence-electron chi connectivity index (χ0n) is 9.90. The summed E-state index contributed by atoms with van der Waals surface area (Å²) in [6.45, 7) is 3.82. The van der Waals surface area contributed by atoms with E-state index in [-0.39, 0.29) is 11.9 Å². The molecule has 0 aliphatic heterocycles. The Morgan fingerprint density at radius 3 is 2.71 bits per heavy atom. The molecule has 0 saturated carbocycles. The highest BCUT2D eigenvalue weighted by atomic mass is 79.9. The maximum atomic E-state index is 11.6. The predicted octanol–water partition coefficient (Wildman–Crippen LogP) is 1.43. The standard InChI is InChI=1S/C10H15BrN4O2/c1-5(2)7(10(16)17-3)15-9-6(11)8(12)13-4-14-9/h4-5,7H,1-3H3,(H3,12,13,14,15). The smallest absolute Gasteiger partial charge is 0.328 e. The number of hydrogen-bond acceptors (Lipinski definition) is 6. The molecule has 7 heteroatoms. The molecule has 1 rings (SSSR count). The van der Waals surface area contributed by atoms with Gasteiger partial charge in [-0.2, -0.15) is 0 Å². The second-order valence-corrected chi connectivity index (χ2v) is 4.60. The van der Waals surface area contributed by atoms with Crippen LogP contribution in [-0.4, -0.2) is 29.1 Å². The highest BCUT2D eigenvalue weighted by Crippen LogP contribution is 2.25. The van der Waals surface area contributed by atoms with Gasteiger partial charge in [-0.25, -0.2) is 14.8 Å². The Morgan fingerprint density at radius 2 is 2.18 bits per heavy atom. The fourth-order valence-corrected chi connectivity index (χ4v) is 1.58. The van der Waals surface area contributed by atoms with Gasteiger partial charge >= 0.3 is 5.97 Å². The van der Waals surface area contributed by atoms with Crippen molar-refractivity contribution in [3.63, 3.8) is 0 Å². The molecule has 3 N–H and O–H groups in total. The van der Waals surface area contributed by atoms with E-state index in [0.29, 0.717) is 16.1 Å². The Hall–Kier alpha value is -1.37. The average Bonchev–Trinajstić information content (AvgIpc) is 2.29. The van der Waals surface area contributed by atoms with Gasteiger partial charge in [-0.15, -0.1) is 0 Å². The summed E-state index contributed by atoms with van der Waals surface area (Å²) in [5.41, 5.74) is 5.63. The lowest BCUT2D eigenvalue weighted by Crippen LogP contribution is -2.36. The van der Waals surface area contributed by atoms with Gasteiger partial charge in [-0.3, -0.25) is 0 Å². The summed E-state index contributed by atoms with van der Waals surface area (Å²) in [5, 5.41) is 2.99. The van der Waals surface area contributed by atoms with E-state index in [9.17, 15) is 4.79 Å². The number of nitrogen functional groups attached to an aromatic ring is 1. The van der Waals surface area contributed by atoms with Crippen molar-refractivity contribution >= 4 is 33.5 Å². The van der Waals surface area contributed by atoms with Gasteiger partial charge in [0.05, 0.1) is 7.11 Å². The van der Waals surface area contributed by atoms with Crippen molar-refractivity contribution in [2.24, 2.45) is 5.92 Å². The number of carbonyl (C=O) groups is 1. The highest BCUT2D eigenvalue weighted by molar-refractivity contribution is 9.10. The molecule has 0 saturated heterocycles. The topological polar surface area (TPSA) is 90.1 Å². The lowest BCUT2D eigenvalue weighted by Gasteiger charge is -2.20. The Kier molecular flexibility index (Phi) is 4.68. The van der Waals surface area contributed by atoms with E-state index in [1.807, 2.05) is 13.8 Å². The zero-order chi connectivity index (χ0) is 13.0. The van der Waals surface area contributed by atoms with Gasteiger partial charge < -0.3 is 15.8 Å². The molecule has 0 bridgehead atoms. The number of halogens is 1. The largest absolute Gasteiger partial charge is 0.467 e. The number of anilines is 2. The molecule has 0 fully saturated rings. The number of nitrogens with one attached hydrogen (secondary N) is 1. The predicted molar refractivity (Wildman–Crippen MR) is 68.4 cm³/mol. The van der Waals surface area contributed by atoms with Gasteiger partial charge in [0.25, 0.3) is 0 Å². The lowest BCUT2D eigenvalue weighted by molar-refractivity contribution is -0.142. The molecule has 1 atom stereocenters. The van der Waals surface area contributed by atoms with Crippen molar-refractivity contribution < 1.29 is 9.53 Å². The monoisotopic (exact) mass is 302 g/mol. The molecule has 94 valence electrons. The maximum Gasteiger partial charge on any atom is 0.328 e. The summed E-state index contributed by atoms with van der Waals surface area (Å²) in [4.78, 5) is 19.4. The number of ether oxygens (including phenoxy) is 1. The average molecular weight is 303 g/mol. The quantitative estimate of drug-likeness (QED) is 0.818. The summed E-state index contributed by atoms with van der Waals surface area (Å²) in [7, 11) is 1.35.